The van der Waals surface area contributed by atoms with Gasteiger partial charge in [-0.1, -0.05) is 12.1 Å². The number of nitrogens with one attached hydrogen (secondary N) is 2. The first kappa shape index (κ1) is 20.9. The normalized spacial score (nSPS) is 25.0. The summed E-state index contributed by atoms with van der Waals surface area (Å²) in [6.07, 6.45) is 4.49. The average molecular weight is 382 g/mol. The van der Waals surface area contributed by atoms with Crippen molar-refractivity contribution in [3.05, 3.63) is 29.3 Å². The summed E-state index contributed by atoms with van der Waals surface area (Å²) in [5.41, 5.74) is 7.41. The van der Waals surface area contributed by atoms with Crippen molar-refractivity contribution in [1.82, 2.24) is 10.2 Å². The topological polar surface area (TPSA) is 160 Å². The van der Waals surface area contributed by atoms with E-state index in [9.17, 15) is 4.21 Å². The fraction of sp³-hybridized carbons (Fsp3) is 0.588. The van der Waals surface area contributed by atoms with Gasteiger partial charge in [0.1, 0.15) is 16.8 Å². The third-order valence-electron chi connectivity index (χ3n) is 5.35. The lowest BCUT2D eigenvalue weighted by molar-refractivity contribution is 0.133. The standard InChI is InChI=1S/C17H27N5OS.H4N2/c18-17(19)16-14(2-1-3-15(16)24(20)23)12-4-6-13(7-5-12)22-10-8-21-9-11-22;1-2/h1-3,12-13,21H,4-11,20H2,(H3,18,19);1-2H2. The molecule has 1 aromatic rings. The van der Waals surface area contributed by atoms with E-state index in [4.69, 9.17) is 16.3 Å². The third-order valence-corrected chi connectivity index (χ3v) is 6.12. The molecule has 2 aliphatic rings. The van der Waals surface area contributed by atoms with Crippen LogP contribution in [-0.4, -0.2) is 47.2 Å². The molecule has 0 radical (unpaired) electrons. The highest BCUT2D eigenvalue weighted by atomic mass is 32.2. The molecule has 9 heteroatoms. The lowest BCUT2D eigenvalue weighted by atomic mass is 9.79. The quantitative estimate of drug-likeness (QED) is 0.182. The summed E-state index contributed by atoms with van der Waals surface area (Å²) in [5.74, 6) is 8.33. The van der Waals surface area contributed by atoms with Crippen molar-refractivity contribution in [3.63, 3.8) is 0 Å². The molecule has 1 atom stereocenters. The summed E-state index contributed by atoms with van der Waals surface area (Å²) in [6, 6.07) is 6.27. The van der Waals surface area contributed by atoms with Crippen LogP contribution in [0, 0.1) is 5.41 Å². The number of benzene rings is 1. The largest absolute Gasteiger partial charge is 0.384 e. The van der Waals surface area contributed by atoms with E-state index < -0.39 is 11.0 Å². The van der Waals surface area contributed by atoms with Gasteiger partial charge in [0, 0.05) is 37.8 Å². The number of nitrogens with zero attached hydrogens (tertiary/aromatic N) is 1. The summed E-state index contributed by atoms with van der Waals surface area (Å²) in [7, 11) is -1.62. The maximum Gasteiger partial charge on any atom is 0.124 e. The predicted octanol–water partition coefficient (Wildman–Crippen LogP) is -0.298. The van der Waals surface area contributed by atoms with Crippen LogP contribution in [0.4, 0.5) is 0 Å². The number of hydrogen-bond donors (Lipinski definition) is 6. The van der Waals surface area contributed by atoms with E-state index in [1.807, 2.05) is 12.1 Å². The van der Waals surface area contributed by atoms with E-state index in [0.29, 0.717) is 22.4 Å². The van der Waals surface area contributed by atoms with Gasteiger partial charge in [-0.3, -0.25) is 22.0 Å². The van der Waals surface area contributed by atoms with Crippen LogP contribution in [0.1, 0.15) is 42.7 Å². The van der Waals surface area contributed by atoms with E-state index in [1.165, 1.54) is 0 Å². The zero-order chi connectivity index (χ0) is 19.1. The van der Waals surface area contributed by atoms with E-state index in [1.54, 1.807) is 6.07 Å². The van der Waals surface area contributed by atoms with Crippen LogP contribution in [0.25, 0.3) is 0 Å². The van der Waals surface area contributed by atoms with Crippen LogP contribution < -0.4 is 27.9 Å². The molecule has 1 aliphatic carbocycles. The number of piperazine rings is 1. The number of amidine groups is 1. The SMILES string of the molecule is N=C(N)c1c(C2CCC(N3CCNCC3)CC2)cccc1S(N)=O.NN. The maximum absolute atomic E-state index is 11.8. The fourth-order valence-corrected chi connectivity index (χ4v) is 4.79. The summed E-state index contributed by atoms with van der Waals surface area (Å²) >= 11 is 0. The Morgan fingerprint density at radius 1 is 1.15 bits per heavy atom. The lowest BCUT2D eigenvalue weighted by Gasteiger charge is -2.39. The van der Waals surface area contributed by atoms with Crippen molar-refractivity contribution in [2.24, 2.45) is 22.6 Å². The Balaban J connectivity index is 0.00000117. The van der Waals surface area contributed by atoms with Gasteiger partial charge in [0.2, 0.25) is 0 Å². The van der Waals surface area contributed by atoms with Crippen LogP contribution in [0.3, 0.4) is 0 Å². The minimum Gasteiger partial charge on any atom is -0.384 e. The van der Waals surface area contributed by atoms with Gasteiger partial charge in [0.05, 0.1) is 4.90 Å². The zero-order valence-electron chi connectivity index (χ0n) is 15.1. The van der Waals surface area contributed by atoms with E-state index in [-0.39, 0.29) is 5.84 Å². The average Bonchev–Trinajstić information content (AvgIpc) is 2.69. The van der Waals surface area contributed by atoms with Crippen molar-refractivity contribution in [1.29, 1.82) is 5.41 Å². The summed E-state index contributed by atoms with van der Waals surface area (Å²) in [6.45, 7) is 4.43. The van der Waals surface area contributed by atoms with Crippen molar-refractivity contribution >= 4 is 16.8 Å². The molecule has 2 fully saturated rings. The minimum absolute atomic E-state index is 0.0383. The first-order chi connectivity index (χ1) is 12.6. The molecular weight excluding hydrogens is 350 g/mol. The number of hydrogen-bond acceptors (Lipinski definition) is 6. The second kappa shape index (κ2) is 10.1. The summed E-state index contributed by atoms with van der Waals surface area (Å²) < 4.78 is 11.8. The third kappa shape index (κ3) is 4.87. The molecule has 8 nitrogen and oxygen atoms in total. The Hall–Kier alpha value is -1.36. The van der Waals surface area contributed by atoms with E-state index in [2.05, 4.69) is 21.9 Å². The van der Waals surface area contributed by atoms with Gasteiger partial charge in [-0.2, -0.15) is 0 Å². The summed E-state index contributed by atoms with van der Waals surface area (Å²) in [5, 5.41) is 16.9. The van der Waals surface area contributed by atoms with Gasteiger partial charge in [-0.05, 0) is 43.2 Å². The number of nitrogen functional groups attached to an aromatic ring is 1. The highest BCUT2D eigenvalue weighted by Gasteiger charge is 2.29. The van der Waals surface area contributed by atoms with E-state index >= 15 is 0 Å². The maximum atomic E-state index is 11.8. The van der Waals surface area contributed by atoms with Crippen LogP contribution in [0.15, 0.2) is 23.1 Å². The molecule has 1 saturated carbocycles. The van der Waals surface area contributed by atoms with Crippen molar-refractivity contribution in [2.45, 2.75) is 42.5 Å². The Bertz CT molecular complexity index is 626. The van der Waals surface area contributed by atoms with Crippen LogP contribution >= 0.6 is 0 Å². The zero-order valence-corrected chi connectivity index (χ0v) is 15.9. The highest BCUT2D eigenvalue weighted by Crippen LogP contribution is 2.37. The van der Waals surface area contributed by atoms with E-state index in [0.717, 1.165) is 57.4 Å². The Labute approximate surface area is 157 Å². The van der Waals surface area contributed by atoms with Crippen molar-refractivity contribution < 1.29 is 4.21 Å². The second-order valence-corrected chi connectivity index (χ2v) is 7.76. The van der Waals surface area contributed by atoms with Crippen LogP contribution in [-0.2, 0) is 11.0 Å². The van der Waals surface area contributed by atoms with Gasteiger partial charge in [-0.25, -0.2) is 9.35 Å². The van der Waals surface area contributed by atoms with Crippen molar-refractivity contribution in [2.75, 3.05) is 26.2 Å². The van der Waals surface area contributed by atoms with Gasteiger partial charge in [-0.15, -0.1) is 0 Å². The molecule has 10 N–H and O–H groups in total. The monoisotopic (exact) mass is 381 g/mol. The molecule has 0 amide bonds. The first-order valence-corrected chi connectivity index (χ1v) is 10.2. The second-order valence-electron chi connectivity index (χ2n) is 6.72. The molecule has 3 rings (SSSR count). The first-order valence-electron chi connectivity index (χ1n) is 8.99. The van der Waals surface area contributed by atoms with Gasteiger partial charge in [0.25, 0.3) is 0 Å². The molecule has 1 aliphatic heterocycles. The Kier molecular flexibility index (Phi) is 8.14. The number of hydrazine groups is 1. The number of nitrogens with two attached hydrogens (primary N) is 4. The Morgan fingerprint density at radius 2 is 1.77 bits per heavy atom. The van der Waals surface area contributed by atoms with Gasteiger partial charge in [0.15, 0.2) is 0 Å². The number of rotatable bonds is 4. The molecule has 1 unspecified atom stereocenters. The smallest absolute Gasteiger partial charge is 0.124 e. The predicted molar refractivity (Wildman–Crippen MR) is 106 cm³/mol. The molecule has 1 aromatic carbocycles. The van der Waals surface area contributed by atoms with Crippen molar-refractivity contribution in [3.8, 4) is 0 Å². The molecule has 0 spiro atoms. The van der Waals surface area contributed by atoms with Crippen LogP contribution in [0.5, 0.6) is 0 Å². The highest BCUT2D eigenvalue weighted by molar-refractivity contribution is 7.82. The molecule has 1 saturated heterocycles. The molecular formula is C17H31N7OS. The van der Waals surface area contributed by atoms with Gasteiger partial charge >= 0.3 is 0 Å². The molecule has 0 aromatic heterocycles. The molecule has 26 heavy (non-hydrogen) atoms. The lowest BCUT2D eigenvalue weighted by Crippen LogP contribution is -2.49. The summed E-state index contributed by atoms with van der Waals surface area (Å²) in [4.78, 5) is 3.08. The fourth-order valence-electron chi connectivity index (χ4n) is 4.14. The molecule has 1 heterocycles. The molecule has 146 valence electrons. The Morgan fingerprint density at radius 3 is 2.31 bits per heavy atom. The van der Waals surface area contributed by atoms with Crippen LogP contribution in [0.2, 0.25) is 0 Å². The minimum atomic E-state index is -1.62. The molecule has 0 bridgehead atoms. The van der Waals surface area contributed by atoms with Gasteiger partial charge < -0.3 is 11.1 Å².